The molecule has 0 saturated carbocycles. The molecule has 0 heterocycles. The highest BCUT2D eigenvalue weighted by Crippen LogP contribution is 2.25. The largest absolute Gasteiger partial charge is 0.462 e. The predicted octanol–water partition coefficient (Wildman–Crippen LogP) is 4.82. The van der Waals surface area contributed by atoms with E-state index < -0.39 is 0 Å². The number of carbonyl (C=O) groups excluding carboxylic acids is 1. The second-order valence-electron chi connectivity index (χ2n) is 4.51. The molecule has 2 aromatic carbocycles. The summed E-state index contributed by atoms with van der Waals surface area (Å²) in [7, 11) is 0. The molecule has 0 aliphatic heterocycles. The van der Waals surface area contributed by atoms with E-state index in [1.807, 2.05) is 43.3 Å². The molecular formula is C17H17BrO2. The molecule has 0 unspecified atom stereocenters. The smallest absolute Gasteiger partial charge is 0.338 e. The maximum absolute atomic E-state index is 12.1. The number of carbonyl (C=O) groups is 1. The van der Waals surface area contributed by atoms with Crippen LogP contribution in [0.5, 0.6) is 0 Å². The molecule has 0 aliphatic carbocycles. The van der Waals surface area contributed by atoms with Crippen molar-refractivity contribution in [1.29, 1.82) is 0 Å². The van der Waals surface area contributed by atoms with Crippen molar-refractivity contribution >= 4 is 21.9 Å². The summed E-state index contributed by atoms with van der Waals surface area (Å²) in [6, 6.07) is 15.7. The lowest BCUT2D eigenvalue weighted by molar-refractivity contribution is 0.0506. The molecule has 0 bridgehead atoms. The van der Waals surface area contributed by atoms with E-state index >= 15 is 0 Å². The topological polar surface area (TPSA) is 26.3 Å². The van der Waals surface area contributed by atoms with Crippen LogP contribution < -0.4 is 0 Å². The van der Waals surface area contributed by atoms with Crippen LogP contribution in [0.4, 0.5) is 0 Å². The lowest BCUT2D eigenvalue weighted by Gasteiger charge is -2.09. The molecule has 0 N–H and O–H groups in total. The van der Waals surface area contributed by atoms with E-state index in [0.717, 1.165) is 22.9 Å². The molecule has 0 fully saturated rings. The molecule has 2 nitrogen and oxygen atoms in total. The second kappa shape index (κ2) is 7.25. The standard InChI is InChI=1S/C17H17BrO2/c1-2-11-20-17(19)16-6-4-3-5-15(16)14-9-7-13(12-18)8-10-14/h3-10H,2,11-12H2,1H3. The van der Waals surface area contributed by atoms with E-state index in [4.69, 9.17) is 4.74 Å². The zero-order valence-corrected chi connectivity index (χ0v) is 13.0. The average molecular weight is 333 g/mol. The van der Waals surface area contributed by atoms with Gasteiger partial charge in [-0.1, -0.05) is 65.3 Å². The van der Waals surface area contributed by atoms with Gasteiger partial charge in [0.15, 0.2) is 0 Å². The van der Waals surface area contributed by atoms with E-state index in [2.05, 4.69) is 28.1 Å². The molecule has 0 amide bonds. The van der Waals surface area contributed by atoms with Crippen molar-refractivity contribution in [3.8, 4) is 11.1 Å². The van der Waals surface area contributed by atoms with Gasteiger partial charge in [0.1, 0.15) is 0 Å². The Morgan fingerprint density at radius 2 is 1.80 bits per heavy atom. The highest BCUT2D eigenvalue weighted by Gasteiger charge is 2.13. The second-order valence-corrected chi connectivity index (χ2v) is 5.07. The summed E-state index contributed by atoms with van der Waals surface area (Å²) in [5.41, 5.74) is 3.76. The summed E-state index contributed by atoms with van der Waals surface area (Å²) in [6.07, 6.45) is 0.827. The van der Waals surface area contributed by atoms with Crippen LogP contribution in [0.25, 0.3) is 11.1 Å². The van der Waals surface area contributed by atoms with Gasteiger partial charge in [-0.3, -0.25) is 0 Å². The molecule has 0 saturated heterocycles. The fourth-order valence-corrected chi connectivity index (χ4v) is 2.33. The summed E-state index contributed by atoms with van der Waals surface area (Å²) in [5, 5.41) is 0.827. The lowest BCUT2D eigenvalue weighted by atomic mass is 9.99. The van der Waals surface area contributed by atoms with E-state index in [0.29, 0.717) is 12.2 Å². The molecule has 104 valence electrons. The van der Waals surface area contributed by atoms with Gasteiger partial charge < -0.3 is 4.74 Å². The highest BCUT2D eigenvalue weighted by atomic mass is 79.9. The number of rotatable bonds is 5. The zero-order valence-electron chi connectivity index (χ0n) is 11.4. The molecule has 0 aromatic heterocycles. The Balaban J connectivity index is 2.33. The van der Waals surface area contributed by atoms with Crippen LogP contribution >= 0.6 is 15.9 Å². The number of halogens is 1. The fraction of sp³-hybridized carbons (Fsp3) is 0.235. The molecule has 3 heteroatoms. The maximum Gasteiger partial charge on any atom is 0.338 e. The molecule has 0 atom stereocenters. The maximum atomic E-state index is 12.1. The first kappa shape index (κ1) is 14.8. The Kier molecular flexibility index (Phi) is 5.36. The number of benzene rings is 2. The van der Waals surface area contributed by atoms with Gasteiger partial charge in [-0.05, 0) is 29.2 Å². The van der Waals surface area contributed by atoms with Crippen molar-refractivity contribution in [2.24, 2.45) is 0 Å². The monoisotopic (exact) mass is 332 g/mol. The van der Waals surface area contributed by atoms with Crippen molar-refractivity contribution in [1.82, 2.24) is 0 Å². The highest BCUT2D eigenvalue weighted by molar-refractivity contribution is 9.08. The van der Waals surface area contributed by atoms with Crippen LogP contribution in [0.2, 0.25) is 0 Å². The summed E-state index contributed by atoms with van der Waals surface area (Å²) >= 11 is 3.43. The minimum absolute atomic E-state index is 0.257. The van der Waals surface area contributed by atoms with Gasteiger partial charge in [-0.2, -0.15) is 0 Å². The third kappa shape index (κ3) is 3.48. The van der Waals surface area contributed by atoms with Gasteiger partial charge in [-0.15, -0.1) is 0 Å². The molecule has 0 radical (unpaired) electrons. The van der Waals surface area contributed by atoms with Crippen molar-refractivity contribution in [3.63, 3.8) is 0 Å². The summed E-state index contributed by atoms with van der Waals surface area (Å²) in [4.78, 5) is 12.1. The number of ether oxygens (including phenoxy) is 1. The third-order valence-electron chi connectivity index (χ3n) is 3.00. The predicted molar refractivity (Wildman–Crippen MR) is 85.1 cm³/mol. The quantitative estimate of drug-likeness (QED) is 0.579. The Morgan fingerprint density at radius 3 is 2.45 bits per heavy atom. The SMILES string of the molecule is CCCOC(=O)c1ccccc1-c1ccc(CBr)cc1. The van der Waals surface area contributed by atoms with Gasteiger partial charge in [0.25, 0.3) is 0 Å². The van der Waals surface area contributed by atoms with Gasteiger partial charge in [0.2, 0.25) is 0 Å². The first-order valence-electron chi connectivity index (χ1n) is 6.67. The number of esters is 1. The molecule has 2 rings (SSSR count). The van der Waals surface area contributed by atoms with Crippen LogP contribution in [0.1, 0.15) is 29.3 Å². The minimum atomic E-state index is -0.257. The zero-order chi connectivity index (χ0) is 14.4. The summed E-state index contributed by atoms with van der Waals surface area (Å²) < 4.78 is 5.24. The van der Waals surface area contributed by atoms with Crippen LogP contribution in [0.3, 0.4) is 0 Å². The van der Waals surface area contributed by atoms with Crippen LogP contribution in [0.15, 0.2) is 48.5 Å². The third-order valence-corrected chi connectivity index (χ3v) is 3.65. The van der Waals surface area contributed by atoms with Crippen molar-refractivity contribution < 1.29 is 9.53 Å². The Morgan fingerprint density at radius 1 is 1.10 bits per heavy atom. The average Bonchev–Trinajstić information content (AvgIpc) is 2.52. The van der Waals surface area contributed by atoms with Crippen LogP contribution in [-0.2, 0) is 10.1 Å². The van der Waals surface area contributed by atoms with Gasteiger partial charge in [0, 0.05) is 5.33 Å². The Bertz CT molecular complexity index is 576. The van der Waals surface area contributed by atoms with Crippen molar-refractivity contribution in [2.45, 2.75) is 18.7 Å². The lowest BCUT2D eigenvalue weighted by Crippen LogP contribution is -2.07. The van der Waals surface area contributed by atoms with E-state index in [9.17, 15) is 4.79 Å². The van der Waals surface area contributed by atoms with Gasteiger partial charge >= 0.3 is 5.97 Å². The van der Waals surface area contributed by atoms with Gasteiger partial charge in [0.05, 0.1) is 12.2 Å². The molecule has 0 aliphatic rings. The number of alkyl halides is 1. The van der Waals surface area contributed by atoms with E-state index in [1.165, 1.54) is 5.56 Å². The summed E-state index contributed by atoms with van der Waals surface area (Å²) in [6.45, 7) is 2.44. The number of hydrogen-bond acceptors (Lipinski definition) is 2. The Labute approximate surface area is 127 Å². The van der Waals surface area contributed by atoms with E-state index in [1.54, 1.807) is 0 Å². The molecule has 2 aromatic rings. The van der Waals surface area contributed by atoms with Crippen LogP contribution in [-0.4, -0.2) is 12.6 Å². The molecule has 0 spiro atoms. The molecule has 20 heavy (non-hydrogen) atoms. The Hall–Kier alpha value is -1.61. The van der Waals surface area contributed by atoms with Crippen molar-refractivity contribution in [2.75, 3.05) is 6.61 Å². The van der Waals surface area contributed by atoms with Crippen molar-refractivity contribution in [3.05, 3.63) is 59.7 Å². The fourth-order valence-electron chi connectivity index (χ4n) is 1.96. The number of hydrogen-bond donors (Lipinski definition) is 0. The van der Waals surface area contributed by atoms with E-state index in [-0.39, 0.29) is 5.97 Å². The minimum Gasteiger partial charge on any atom is -0.462 e. The van der Waals surface area contributed by atoms with Gasteiger partial charge in [-0.25, -0.2) is 4.79 Å². The first-order chi connectivity index (χ1) is 9.76. The molecular weight excluding hydrogens is 316 g/mol. The normalized spacial score (nSPS) is 10.3. The summed E-state index contributed by atoms with van der Waals surface area (Å²) in [5.74, 6) is -0.257. The van der Waals surface area contributed by atoms with Crippen LogP contribution in [0, 0.1) is 0 Å². The first-order valence-corrected chi connectivity index (χ1v) is 7.80.